The van der Waals surface area contributed by atoms with Crippen molar-refractivity contribution in [3.05, 3.63) is 70.8 Å². The van der Waals surface area contributed by atoms with Crippen LogP contribution >= 0.6 is 0 Å². The van der Waals surface area contributed by atoms with Gasteiger partial charge in [0.15, 0.2) is 0 Å². The van der Waals surface area contributed by atoms with Crippen molar-refractivity contribution in [3.8, 4) is 0 Å². The van der Waals surface area contributed by atoms with Crippen LogP contribution in [-0.2, 0) is 5.54 Å². The Balaban J connectivity index is 2.22. The monoisotopic (exact) mass is 309 g/mol. The Morgan fingerprint density at radius 1 is 0.696 bits per heavy atom. The van der Waals surface area contributed by atoms with Crippen LogP contribution in [0.5, 0.6) is 0 Å². The SMILES string of the molecule is CCCCCCCC(N)(c1ccc(C)cc1)c1ccc(C)cc1. The van der Waals surface area contributed by atoms with Gasteiger partial charge in [-0.1, -0.05) is 98.7 Å². The first-order valence-electron chi connectivity index (χ1n) is 8.99. The van der Waals surface area contributed by atoms with Crippen molar-refractivity contribution in [1.82, 2.24) is 0 Å². The molecule has 1 nitrogen and oxygen atoms in total. The van der Waals surface area contributed by atoms with Crippen LogP contribution in [0.1, 0.15) is 67.7 Å². The van der Waals surface area contributed by atoms with E-state index in [4.69, 9.17) is 5.73 Å². The highest BCUT2D eigenvalue weighted by molar-refractivity contribution is 5.39. The zero-order valence-corrected chi connectivity index (χ0v) is 14.9. The van der Waals surface area contributed by atoms with E-state index < -0.39 is 0 Å². The molecule has 23 heavy (non-hydrogen) atoms. The molecule has 0 saturated carbocycles. The molecule has 124 valence electrons. The van der Waals surface area contributed by atoms with E-state index in [9.17, 15) is 0 Å². The number of unbranched alkanes of at least 4 members (excludes halogenated alkanes) is 4. The second-order valence-corrected chi connectivity index (χ2v) is 6.87. The Morgan fingerprint density at radius 3 is 1.57 bits per heavy atom. The van der Waals surface area contributed by atoms with Crippen LogP contribution in [0.4, 0.5) is 0 Å². The van der Waals surface area contributed by atoms with Gasteiger partial charge < -0.3 is 5.73 Å². The van der Waals surface area contributed by atoms with E-state index in [-0.39, 0.29) is 5.54 Å². The predicted molar refractivity (Wildman–Crippen MR) is 101 cm³/mol. The summed E-state index contributed by atoms with van der Waals surface area (Å²) in [5, 5.41) is 0. The van der Waals surface area contributed by atoms with Gasteiger partial charge in [0.2, 0.25) is 0 Å². The highest BCUT2D eigenvalue weighted by atomic mass is 14.7. The van der Waals surface area contributed by atoms with E-state index in [0.717, 1.165) is 6.42 Å². The summed E-state index contributed by atoms with van der Waals surface area (Å²) in [6.45, 7) is 6.50. The Kier molecular flexibility index (Phi) is 6.41. The molecule has 0 amide bonds. The van der Waals surface area contributed by atoms with Crippen molar-refractivity contribution in [1.29, 1.82) is 0 Å². The zero-order valence-electron chi connectivity index (χ0n) is 14.9. The van der Waals surface area contributed by atoms with Crippen molar-refractivity contribution in [2.75, 3.05) is 0 Å². The molecule has 0 aromatic heterocycles. The van der Waals surface area contributed by atoms with Gasteiger partial charge in [-0.2, -0.15) is 0 Å². The highest BCUT2D eigenvalue weighted by Crippen LogP contribution is 2.33. The Labute approximate surface area is 141 Å². The summed E-state index contributed by atoms with van der Waals surface area (Å²) in [6.07, 6.45) is 7.37. The largest absolute Gasteiger partial charge is 0.318 e. The van der Waals surface area contributed by atoms with Gasteiger partial charge >= 0.3 is 0 Å². The van der Waals surface area contributed by atoms with Gasteiger partial charge in [-0.25, -0.2) is 0 Å². The topological polar surface area (TPSA) is 26.0 Å². The molecule has 0 fully saturated rings. The predicted octanol–water partition coefficient (Wildman–Crippen LogP) is 5.87. The van der Waals surface area contributed by atoms with Crippen LogP contribution in [0.2, 0.25) is 0 Å². The molecule has 0 aliphatic heterocycles. The van der Waals surface area contributed by atoms with Gasteiger partial charge in [-0.3, -0.25) is 0 Å². The molecule has 2 rings (SSSR count). The number of hydrogen-bond acceptors (Lipinski definition) is 1. The summed E-state index contributed by atoms with van der Waals surface area (Å²) in [6, 6.07) is 17.5. The number of nitrogens with two attached hydrogens (primary N) is 1. The van der Waals surface area contributed by atoms with Crippen molar-refractivity contribution in [2.45, 2.75) is 64.8 Å². The average Bonchev–Trinajstić information content (AvgIpc) is 2.55. The second kappa shape index (κ2) is 8.31. The number of benzene rings is 2. The molecule has 0 saturated heterocycles. The third-order valence-electron chi connectivity index (χ3n) is 4.81. The molecular formula is C22H31N. The first kappa shape index (κ1) is 17.7. The fourth-order valence-electron chi connectivity index (χ4n) is 3.16. The molecule has 1 heteroatoms. The van der Waals surface area contributed by atoms with E-state index in [1.165, 1.54) is 54.4 Å². The molecule has 0 aliphatic rings. The molecule has 0 radical (unpaired) electrons. The molecule has 0 heterocycles. The molecular weight excluding hydrogens is 278 g/mol. The van der Waals surface area contributed by atoms with E-state index in [0.29, 0.717) is 0 Å². The summed E-state index contributed by atoms with van der Waals surface area (Å²) in [4.78, 5) is 0. The lowest BCUT2D eigenvalue weighted by Gasteiger charge is -2.31. The molecule has 0 bridgehead atoms. The Morgan fingerprint density at radius 2 is 1.13 bits per heavy atom. The minimum atomic E-state index is -0.381. The van der Waals surface area contributed by atoms with Crippen LogP contribution in [0.3, 0.4) is 0 Å². The van der Waals surface area contributed by atoms with Crippen LogP contribution in [-0.4, -0.2) is 0 Å². The Bertz CT molecular complexity index is 535. The van der Waals surface area contributed by atoms with Gasteiger partial charge in [-0.15, -0.1) is 0 Å². The molecule has 0 atom stereocenters. The summed E-state index contributed by atoms with van der Waals surface area (Å²) >= 11 is 0. The lowest BCUT2D eigenvalue weighted by Crippen LogP contribution is -2.38. The van der Waals surface area contributed by atoms with Crippen molar-refractivity contribution < 1.29 is 0 Å². The van der Waals surface area contributed by atoms with Gasteiger partial charge in [0, 0.05) is 0 Å². The van der Waals surface area contributed by atoms with Crippen LogP contribution in [0.15, 0.2) is 48.5 Å². The smallest absolute Gasteiger partial charge is 0.0665 e. The zero-order chi connectivity index (χ0) is 16.7. The molecule has 2 aromatic carbocycles. The fourth-order valence-corrected chi connectivity index (χ4v) is 3.16. The summed E-state index contributed by atoms with van der Waals surface area (Å²) < 4.78 is 0. The van der Waals surface area contributed by atoms with Gasteiger partial charge in [-0.05, 0) is 31.4 Å². The minimum Gasteiger partial charge on any atom is -0.318 e. The normalized spacial score (nSPS) is 11.7. The van der Waals surface area contributed by atoms with Crippen molar-refractivity contribution in [2.24, 2.45) is 5.73 Å². The molecule has 2 N–H and O–H groups in total. The van der Waals surface area contributed by atoms with Crippen molar-refractivity contribution >= 4 is 0 Å². The van der Waals surface area contributed by atoms with E-state index >= 15 is 0 Å². The minimum absolute atomic E-state index is 0.381. The lowest BCUT2D eigenvalue weighted by atomic mass is 9.79. The first-order valence-corrected chi connectivity index (χ1v) is 8.99. The third-order valence-corrected chi connectivity index (χ3v) is 4.81. The quantitative estimate of drug-likeness (QED) is 0.607. The van der Waals surface area contributed by atoms with Crippen LogP contribution < -0.4 is 5.73 Å². The molecule has 0 spiro atoms. The number of hydrogen-bond donors (Lipinski definition) is 1. The number of rotatable bonds is 8. The summed E-state index contributed by atoms with van der Waals surface area (Å²) in [5.74, 6) is 0. The third kappa shape index (κ3) is 4.68. The summed E-state index contributed by atoms with van der Waals surface area (Å²) in [5.41, 5.74) is 11.6. The highest BCUT2D eigenvalue weighted by Gasteiger charge is 2.28. The van der Waals surface area contributed by atoms with E-state index in [1.807, 2.05) is 0 Å². The lowest BCUT2D eigenvalue weighted by molar-refractivity contribution is 0.454. The molecule has 2 aromatic rings. The van der Waals surface area contributed by atoms with E-state index in [2.05, 4.69) is 69.3 Å². The molecule has 0 aliphatic carbocycles. The van der Waals surface area contributed by atoms with Crippen LogP contribution in [0, 0.1) is 13.8 Å². The molecule has 0 unspecified atom stereocenters. The Hall–Kier alpha value is -1.60. The second-order valence-electron chi connectivity index (χ2n) is 6.87. The van der Waals surface area contributed by atoms with Gasteiger partial charge in [0.25, 0.3) is 0 Å². The fraction of sp³-hybridized carbons (Fsp3) is 0.455. The first-order chi connectivity index (χ1) is 11.1. The maximum Gasteiger partial charge on any atom is 0.0665 e. The van der Waals surface area contributed by atoms with Gasteiger partial charge in [0.05, 0.1) is 5.54 Å². The maximum atomic E-state index is 6.96. The van der Waals surface area contributed by atoms with Gasteiger partial charge in [0.1, 0.15) is 0 Å². The van der Waals surface area contributed by atoms with Crippen molar-refractivity contribution in [3.63, 3.8) is 0 Å². The van der Waals surface area contributed by atoms with E-state index in [1.54, 1.807) is 0 Å². The number of aryl methyl sites for hydroxylation is 2. The average molecular weight is 309 g/mol. The maximum absolute atomic E-state index is 6.96. The summed E-state index contributed by atoms with van der Waals surface area (Å²) in [7, 11) is 0. The standard InChI is InChI=1S/C22H31N/c1-4-5-6-7-8-17-22(23,20-13-9-18(2)10-14-20)21-15-11-19(3)12-16-21/h9-16H,4-8,17,23H2,1-3H3. The van der Waals surface area contributed by atoms with Crippen LogP contribution in [0.25, 0.3) is 0 Å².